The van der Waals surface area contributed by atoms with E-state index in [0.29, 0.717) is 11.3 Å². The van der Waals surface area contributed by atoms with Crippen LogP contribution in [0.5, 0.6) is 0 Å². The molecule has 2 aromatic rings. The predicted molar refractivity (Wildman–Crippen MR) is 110 cm³/mol. The van der Waals surface area contributed by atoms with Gasteiger partial charge in [-0.25, -0.2) is 0 Å². The number of anilines is 2. The zero-order chi connectivity index (χ0) is 20.8. The first-order valence-electron chi connectivity index (χ1n) is 9.22. The monoisotopic (exact) mass is 379 g/mol. The third-order valence-corrected chi connectivity index (χ3v) is 4.77. The van der Waals surface area contributed by atoms with E-state index in [4.69, 9.17) is 5.26 Å². The van der Waals surface area contributed by atoms with E-state index in [9.17, 15) is 9.59 Å². The largest absolute Gasteiger partial charge is 0.321 e. The summed E-state index contributed by atoms with van der Waals surface area (Å²) in [5.74, 6) is -0.346. The van der Waals surface area contributed by atoms with Crippen LogP contribution < -0.4 is 15.5 Å². The van der Waals surface area contributed by atoms with Crippen LogP contribution in [-0.4, -0.2) is 31.4 Å². The lowest BCUT2D eigenvalue weighted by Crippen LogP contribution is -3.14. The fourth-order valence-corrected chi connectivity index (χ4v) is 3.11. The molecular formula is C22H27N4O2+. The van der Waals surface area contributed by atoms with Gasteiger partial charge in [-0.15, -0.1) is 0 Å². The van der Waals surface area contributed by atoms with Gasteiger partial charge in [-0.1, -0.05) is 23.8 Å². The Labute approximate surface area is 166 Å². The second kappa shape index (κ2) is 9.16. The number of aryl methyl sites for hydroxylation is 3. The standard InChI is InChI=1S/C22H26N4O2/c1-14-9-15(2)21(16(3)10-14)25-20(27)13-26(5)17(4)22(28)24-19-8-6-7-18(11-19)12-23/h6-11,17H,13H2,1-5H3,(H,24,28)(H,25,27)/p+1/t17-/m1/s1. The van der Waals surface area contributed by atoms with Crippen LogP contribution in [0.15, 0.2) is 36.4 Å². The third kappa shape index (κ3) is 5.41. The molecule has 6 nitrogen and oxygen atoms in total. The highest BCUT2D eigenvalue weighted by atomic mass is 16.2. The van der Waals surface area contributed by atoms with Gasteiger partial charge in [0.15, 0.2) is 12.6 Å². The van der Waals surface area contributed by atoms with Crippen molar-refractivity contribution in [3.05, 3.63) is 58.7 Å². The Kier molecular flexibility index (Phi) is 6.91. The molecule has 0 aliphatic rings. The summed E-state index contributed by atoms with van der Waals surface area (Å²) < 4.78 is 0. The average molecular weight is 379 g/mol. The molecule has 2 atom stereocenters. The SMILES string of the molecule is Cc1cc(C)c(NC(=O)C[NH+](C)[C@H](C)C(=O)Nc2cccc(C#N)c2)c(C)c1. The molecule has 0 heterocycles. The smallest absolute Gasteiger partial charge is 0.282 e. The molecule has 0 saturated heterocycles. The molecule has 0 radical (unpaired) electrons. The minimum absolute atomic E-state index is 0.140. The van der Waals surface area contributed by atoms with Crippen molar-refractivity contribution in [2.45, 2.75) is 33.7 Å². The number of benzene rings is 2. The van der Waals surface area contributed by atoms with Crippen LogP contribution in [0.2, 0.25) is 0 Å². The van der Waals surface area contributed by atoms with Crippen LogP contribution in [0.4, 0.5) is 11.4 Å². The molecular weight excluding hydrogens is 352 g/mol. The van der Waals surface area contributed by atoms with Gasteiger partial charge in [0.25, 0.3) is 11.8 Å². The number of carbonyl (C=O) groups excluding carboxylic acids is 2. The summed E-state index contributed by atoms with van der Waals surface area (Å²) in [6.45, 7) is 7.90. The topological polar surface area (TPSA) is 86.4 Å². The van der Waals surface area contributed by atoms with Crippen molar-refractivity contribution in [2.75, 3.05) is 24.2 Å². The van der Waals surface area contributed by atoms with Crippen molar-refractivity contribution < 1.29 is 14.5 Å². The van der Waals surface area contributed by atoms with E-state index in [0.717, 1.165) is 27.3 Å². The van der Waals surface area contributed by atoms with Gasteiger partial charge in [0.05, 0.1) is 18.7 Å². The lowest BCUT2D eigenvalue weighted by Gasteiger charge is -2.21. The summed E-state index contributed by atoms with van der Waals surface area (Å²) in [6, 6.07) is 12.4. The average Bonchev–Trinajstić information content (AvgIpc) is 2.64. The van der Waals surface area contributed by atoms with Gasteiger partial charge in [-0.05, 0) is 57.0 Å². The Hall–Kier alpha value is -3.17. The number of hydrogen-bond donors (Lipinski definition) is 3. The Morgan fingerprint density at radius 3 is 2.36 bits per heavy atom. The fraction of sp³-hybridized carbons (Fsp3) is 0.318. The predicted octanol–water partition coefficient (Wildman–Crippen LogP) is 1.96. The number of likely N-dealkylation sites (N-methyl/N-ethyl adjacent to an activating group) is 1. The highest BCUT2D eigenvalue weighted by molar-refractivity contribution is 5.95. The summed E-state index contributed by atoms with van der Waals surface area (Å²) in [5, 5.41) is 14.7. The lowest BCUT2D eigenvalue weighted by atomic mass is 10.1. The molecule has 1 unspecified atom stereocenters. The first-order valence-corrected chi connectivity index (χ1v) is 9.22. The molecule has 0 saturated carbocycles. The van der Waals surface area contributed by atoms with Gasteiger partial charge in [-0.2, -0.15) is 5.26 Å². The molecule has 0 bridgehead atoms. The minimum Gasteiger partial charge on any atom is -0.321 e. The van der Waals surface area contributed by atoms with E-state index in [1.165, 1.54) is 0 Å². The Bertz CT molecular complexity index is 907. The fourth-order valence-electron chi connectivity index (χ4n) is 3.11. The Morgan fingerprint density at radius 1 is 1.11 bits per heavy atom. The van der Waals surface area contributed by atoms with Gasteiger partial charge < -0.3 is 15.5 Å². The van der Waals surface area contributed by atoms with Crippen molar-refractivity contribution in [2.24, 2.45) is 0 Å². The van der Waals surface area contributed by atoms with Crippen molar-refractivity contribution in [3.63, 3.8) is 0 Å². The molecule has 0 spiro atoms. The van der Waals surface area contributed by atoms with Gasteiger partial charge in [-0.3, -0.25) is 9.59 Å². The molecule has 28 heavy (non-hydrogen) atoms. The second-order valence-corrected chi connectivity index (χ2v) is 7.25. The lowest BCUT2D eigenvalue weighted by molar-refractivity contribution is -0.885. The Morgan fingerprint density at radius 2 is 1.75 bits per heavy atom. The second-order valence-electron chi connectivity index (χ2n) is 7.25. The molecule has 0 fully saturated rings. The van der Waals surface area contributed by atoms with E-state index in [2.05, 4.69) is 10.6 Å². The summed E-state index contributed by atoms with van der Waals surface area (Å²) in [5.41, 5.74) is 5.07. The number of nitrogens with one attached hydrogen (secondary N) is 3. The molecule has 2 amide bonds. The van der Waals surface area contributed by atoms with E-state index in [1.54, 1.807) is 31.2 Å². The van der Waals surface area contributed by atoms with Crippen molar-refractivity contribution in [1.82, 2.24) is 0 Å². The van der Waals surface area contributed by atoms with Gasteiger partial charge in [0.2, 0.25) is 0 Å². The molecule has 6 heteroatoms. The molecule has 2 aromatic carbocycles. The molecule has 0 aliphatic carbocycles. The summed E-state index contributed by atoms with van der Waals surface area (Å²) >= 11 is 0. The number of carbonyl (C=O) groups is 2. The number of quaternary nitrogens is 1. The van der Waals surface area contributed by atoms with E-state index >= 15 is 0 Å². The summed E-state index contributed by atoms with van der Waals surface area (Å²) in [6.07, 6.45) is 0. The highest BCUT2D eigenvalue weighted by Gasteiger charge is 2.24. The summed E-state index contributed by atoms with van der Waals surface area (Å²) in [7, 11) is 1.81. The molecule has 0 aliphatic heterocycles. The molecule has 2 rings (SSSR count). The zero-order valence-corrected chi connectivity index (χ0v) is 17.0. The normalized spacial score (nSPS) is 12.6. The van der Waals surface area contributed by atoms with Crippen LogP contribution in [0.3, 0.4) is 0 Å². The van der Waals surface area contributed by atoms with Gasteiger partial charge in [0, 0.05) is 11.4 Å². The van der Waals surface area contributed by atoms with Crippen LogP contribution in [0.25, 0.3) is 0 Å². The Balaban J connectivity index is 1.97. The number of amides is 2. The number of hydrogen-bond acceptors (Lipinski definition) is 3. The highest BCUT2D eigenvalue weighted by Crippen LogP contribution is 2.21. The molecule has 146 valence electrons. The van der Waals surface area contributed by atoms with E-state index < -0.39 is 6.04 Å². The van der Waals surface area contributed by atoms with Crippen LogP contribution >= 0.6 is 0 Å². The maximum absolute atomic E-state index is 12.5. The van der Waals surface area contributed by atoms with Crippen LogP contribution in [0.1, 0.15) is 29.2 Å². The summed E-state index contributed by atoms with van der Waals surface area (Å²) in [4.78, 5) is 25.7. The number of nitriles is 1. The quantitative estimate of drug-likeness (QED) is 0.717. The molecule has 0 aromatic heterocycles. The van der Waals surface area contributed by atoms with Crippen LogP contribution in [0, 0.1) is 32.1 Å². The molecule has 3 N–H and O–H groups in total. The van der Waals surface area contributed by atoms with Gasteiger partial charge >= 0.3 is 0 Å². The van der Waals surface area contributed by atoms with Crippen LogP contribution in [-0.2, 0) is 9.59 Å². The van der Waals surface area contributed by atoms with Crippen molar-refractivity contribution >= 4 is 23.2 Å². The van der Waals surface area contributed by atoms with Crippen molar-refractivity contribution in [3.8, 4) is 6.07 Å². The van der Waals surface area contributed by atoms with E-state index in [1.807, 2.05) is 46.0 Å². The minimum atomic E-state index is -0.434. The number of nitrogens with zero attached hydrogens (tertiary/aromatic N) is 1. The zero-order valence-electron chi connectivity index (χ0n) is 17.0. The number of rotatable bonds is 6. The first kappa shape index (κ1) is 21.1. The maximum Gasteiger partial charge on any atom is 0.282 e. The van der Waals surface area contributed by atoms with Crippen molar-refractivity contribution in [1.29, 1.82) is 5.26 Å². The third-order valence-electron chi connectivity index (χ3n) is 4.77. The van der Waals surface area contributed by atoms with Gasteiger partial charge in [0.1, 0.15) is 0 Å². The van der Waals surface area contributed by atoms with E-state index in [-0.39, 0.29) is 18.4 Å². The first-order chi connectivity index (χ1) is 13.2. The maximum atomic E-state index is 12.5.